The summed E-state index contributed by atoms with van der Waals surface area (Å²) in [5.41, 5.74) is 1.70. The van der Waals surface area contributed by atoms with Crippen LogP contribution >= 0.6 is 0 Å². The van der Waals surface area contributed by atoms with E-state index in [9.17, 15) is 24.6 Å². The lowest BCUT2D eigenvalue weighted by Gasteiger charge is -2.29. The second-order valence-electron chi connectivity index (χ2n) is 9.87. The number of methoxy groups -OCH3 is 1. The zero-order valence-corrected chi connectivity index (χ0v) is 22.1. The number of nitrogens with zero attached hydrogens (tertiary/aromatic N) is 1. The van der Waals surface area contributed by atoms with Gasteiger partial charge in [0, 0.05) is 25.1 Å². The Labute approximate surface area is 223 Å². The Morgan fingerprint density at radius 3 is 2.21 bits per heavy atom. The van der Waals surface area contributed by atoms with E-state index in [1.165, 1.54) is 12.0 Å². The van der Waals surface area contributed by atoms with Crippen molar-refractivity contribution in [1.29, 1.82) is 0 Å². The minimum Gasteiger partial charge on any atom is -0.496 e. The average Bonchev–Trinajstić information content (AvgIpc) is 2.90. The molecule has 38 heavy (non-hydrogen) atoms. The maximum atomic E-state index is 13.4. The number of carboxylic acids is 2. The lowest BCUT2D eigenvalue weighted by atomic mass is 9.97. The molecule has 2 amide bonds. The normalized spacial score (nSPS) is 12.6. The Morgan fingerprint density at radius 1 is 0.895 bits per heavy atom. The number of urea groups is 1. The molecular weight excluding hydrogens is 484 g/mol. The van der Waals surface area contributed by atoms with E-state index in [1.54, 1.807) is 6.07 Å². The van der Waals surface area contributed by atoms with Crippen molar-refractivity contribution in [1.82, 2.24) is 10.2 Å². The number of fused-ring (bicyclic) bond motifs is 1. The fourth-order valence-electron chi connectivity index (χ4n) is 4.59. The Bertz CT molecular complexity index is 1240. The average molecular weight is 521 g/mol. The molecule has 202 valence electrons. The first kappa shape index (κ1) is 28.5. The van der Waals surface area contributed by atoms with Gasteiger partial charge < -0.3 is 25.2 Å². The number of benzene rings is 3. The number of aryl methyl sites for hydroxylation is 1. The fraction of sp³-hybridized carbons (Fsp3) is 0.367. The molecule has 0 fully saturated rings. The van der Waals surface area contributed by atoms with Crippen LogP contribution in [0.5, 0.6) is 5.75 Å². The second-order valence-corrected chi connectivity index (χ2v) is 9.87. The van der Waals surface area contributed by atoms with E-state index in [0.717, 1.165) is 16.3 Å². The van der Waals surface area contributed by atoms with Crippen molar-refractivity contribution in [2.45, 2.75) is 39.2 Å². The molecule has 0 aliphatic carbocycles. The molecule has 0 aliphatic heterocycles. The van der Waals surface area contributed by atoms with Gasteiger partial charge in [0.15, 0.2) is 0 Å². The molecule has 0 aromatic heterocycles. The van der Waals surface area contributed by atoms with Gasteiger partial charge in [0.25, 0.3) is 0 Å². The minimum atomic E-state index is -1.23. The smallest absolute Gasteiger partial charge is 0.326 e. The Hall–Kier alpha value is -4.07. The predicted octanol–water partition coefficient (Wildman–Crippen LogP) is 4.85. The first-order valence-electron chi connectivity index (χ1n) is 12.8. The summed E-state index contributed by atoms with van der Waals surface area (Å²) in [4.78, 5) is 39.1. The maximum Gasteiger partial charge on any atom is 0.326 e. The lowest BCUT2D eigenvalue weighted by molar-refractivity contribution is -0.142. The van der Waals surface area contributed by atoms with Crippen LogP contribution in [0.15, 0.2) is 66.7 Å². The van der Waals surface area contributed by atoms with Crippen LogP contribution in [-0.2, 0) is 22.4 Å². The number of carbonyl (C=O) groups is 3. The summed E-state index contributed by atoms with van der Waals surface area (Å²) in [6.45, 7) is 4.13. The molecule has 2 atom stereocenters. The van der Waals surface area contributed by atoms with E-state index >= 15 is 0 Å². The van der Waals surface area contributed by atoms with Crippen molar-refractivity contribution in [3.63, 3.8) is 0 Å². The molecule has 3 aromatic rings. The Morgan fingerprint density at radius 2 is 1.58 bits per heavy atom. The fourth-order valence-corrected chi connectivity index (χ4v) is 4.59. The molecule has 3 aromatic carbocycles. The monoisotopic (exact) mass is 520 g/mol. The quantitative estimate of drug-likeness (QED) is 0.297. The number of carbonyl (C=O) groups excluding carboxylic acids is 1. The molecule has 0 bridgehead atoms. The van der Waals surface area contributed by atoms with E-state index in [-0.39, 0.29) is 18.9 Å². The molecule has 0 saturated carbocycles. The third-order valence-corrected chi connectivity index (χ3v) is 6.51. The molecule has 3 N–H and O–H groups in total. The summed E-state index contributed by atoms with van der Waals surface area (Å²) in [7, 11) is 1.52. The summed E-state index contributed by atoms with van der Waals surface area (Å²) >= 11 is 0. The van der Waals surface area contributed by atoms with Crippen molar-refractivity contribution in [2.75, 3.05) is 20.2 Å². The molecule has 0 aliphatic rings. The molecular formula is C30H36N2O6. The summed E-state index contributed by atoms with van der Waals surface area (Å²) in [5.74, 6) is -2.36. The van der Waals surface area contributed by atoms with Crippen LogP contribution in [0, 0.1) is 11.8 Å². The van der Waals surface area contributed by atoms with E-state index < -0.39 is 29.9 Å². The van der Waals surface area contributed by atoms with Gasteiger partial charge in [0.05, 0.1) is 13.0 Å². The zero-order chi connectivity index (χ0) is 27.7. The summed E-state index contributed by atoms with van der Waals surface area (Å²) in [6, 6.07) is 19.0. The maximum absolute atomic E-state index is 13.4. The van der Waals surface area contributed by atoms with Crippen LogP contribution in [0.4, 0.5) is 4.79 Å². The molecule has 3 rings (SSSR count). The Kier molecular flexibility index (Phi) is 10.1. The van der Waals surface area contributed by atoms with Crippen LogP contribution in [-0.4, -0.2) is 59.3 Å². The van der Waals surface area contributed by atoms with Gasteiger partial charge in [0.1, 0.15) is 11.8 Å². The Balaban J connectivity index is 1.79. The summed E-state index contributed by atoms with van der Waals surface area (Å²) in [6.07, 6.45) is 0.932. The molecule has 0 radical (unpaired) electrons. The third-order valence-electron chi connectivity index (χ3n) is 6.51. The minimum absolute atomic E-state index is 0.0114. The highest BCUT2D eigenvalue weighted by Gasteiger charge is 2.29. The van der Waals surface area contributed by atoms with Gasteiger partial charge in [-0.15, -0.1) is 0 Å². The van der Waals surface area contributed by atoms with Gasteiger partial charge in [-0.05, 0) is 41.2 Å². The lowest BCUT2D eigenvalue weighted by Crippen LogP contribution is -2.51. The second kappa shape index (κ2) is 13.5. The molecule has 0 heterocycles. The molecule has 8 heteroatoms. The van der Waals surface area contributed by atoms with Crippen molar-refractivity contribution in [3.05, 3.63) is 77.9 Å². The van der Waals surface area contributed by atoms with Gasteiger partial charge in [0.2, 0.25) is 0 Å². The number of hydrogen-bond acceptors (Lipinski definition) is 4. The largest absolute Gasteiger partial charge is 0.496 e. The molecule has 0 spiro atoms. The van der Waals surface area contributed by atoms with Gasteiger partial charge in [-0.2, -0.15) is 0 Å². The molecule has 0 unspecified atom stereocenters. The van der Waals surface area contributed by atoms with E-state index in [0.29, 0.717) is 30.7 Å². The van der Waals surface area contributed by atoms with Crippen LogP contribution < -0.4 is 10.1 Å². The summed E-state index contributed by atoms with van der Waals surface area (Å²) in [5, 5.41) is 24.3. The first-order chi connectivity index (χ1) is 18.2. The van der Waals surface area contributed by atoms with Crippen molar-refractivity contribution >= 4 is 28.7 Å². The predicted molar refractivity (Wildman–Crippen MR) is 146 cm³/mol. The third kappa shape index (κ3) is 7.71. The molecule has 0 saturated heterocycles. The number of rotatable bonds is 13. The first-order valence-corrected chi connectivity index (χ1v) is 12.8. The van der Waals surface area contributed by atoms with Crippen molar-refractivity contribution in [2.24, 2.45) is 11.8 Å². The SMILES string of the molecule is COc1ccc2ccccc2c1C[C@H](NC(=O)N(CC(C)C)C[C@H](CCc1ccccc1)C(=O)O)C(=O)O. The van der Waals surface area contributed by atoms with Gasteiger partial charge >= 0.3 is 18.0 Å². The van der Waals surface area contributed by atoms with E-state index in [2.05, 4.69) is 5.32 Å². The molecule has 8 nitrogen and oxygen atoms in total. The number of aliphatic carboxylic acids is 2. The summed E-state index contributed by atoms with van der Waals surface area (Å²) < 4.78 is 5.50. The highest BCUT2D eigenvalue weighted by Crippen LogP contribution is 2.29. The van der Waals surface area contributed by atoms with Crippen LogP contribution in [0.1, 0.15) is 31.4 Å². The number of ether oxygens (including phenoxy) is 1. The van der Waals surface area contributed by atoms with Crippen LogP contribution in [0.3, 0.4) is 0 Å². The standard InChI is InChI=1S/C30H36N2O6/c1-20(2)18-32(19-23(28(33)34)14-13-21-9-5-4-6-10-21)30(37)31-26(29(35)36)17-25-24-12-8-7-11-22(24)15-16-27(25)38-3/h4-12,15-16,20,23,26H,13-14,17-19H2,1-3H3,(H,31,37)(H,33,34)(H,35,36)/t23-,26-/m0/s1. The van der Waals surface area contributed by atoms with Crippen LogP contribution in [0.2, 0.25) is 0 Å². The number of nitrogens with one attached hydrogen (secondary N) is 1. The van der Waals surface area contributed by atoms with E-state index in [4.69, 9.17) is 4.74 Å². The zero-order valence-electron chi connectivity index (χ0n) is 22.1. The van der Waals surface area contributed by atoms with Crippen LogP contribution in [0.25, 0.3) is 10.8 Å². The number of amides is 2. The van der Waals surface area contributed by atoms with Crippen molar-refractivity contribution in [3.8, 4) is 5.75 Å². The van der Waals surface area contributed by atoms with Crippen molar-refractivity contribution < 1.29 is 29.3 Å². The highest BCUT2D eigenvalue weighted by molar-refractivity contribution is 5.89. The van der Waals surface area contributed by atoms with E-state index in [1.807, 2.05) is 74.5 Å². The number of hydrogen-bond donors (Lipinski definition) is 3. The number of carboxylic acid groups (broad SMARTS) is 2. The van der Waals surface area contributed by atoms with Gasteiger partial charge in [-0.25, -0.2) is 9.59 Å². The van der Waals surface area contributed by atoms with Gasteiger partial charge in [-0.3, -0.25) is 4.79 Å². The highest BCUT2D eigenvalue weighted by atomic mass is 16.5. The topological polar surface area (TPSA) is 116 Å². The van der Waals surface area contributed by atoms with Gasteiger partial charge in [-0.1, -0.05) is 74.5 Å².